The number of hydrogen-bond acceptors (Lipinski definition) is 2. The minimum atomic E-state index is -0.108. The van der Waals surface area contributed by atoms with E-state index in [1.807, 2.05) is 12.1 Å². The second-order valence-corrected chi connectivity index (χ2v) is 6.84. The third kappa shape index (κ3) is 4.15. The number of guanidine groups is 1. The molecule has 2 aliphatic rings. The maximum atomic E-state index is 14.0. The monoisotopic (exact) mass is 433 g/mol. The predicted molar refractivity (Wildman–Crippen MR) is 101 cm³/mol. The number of rotatable bonds is 5. The van der Waals surface area contributed by atoms with Gasteiger partial charge in [-0.2, -0.15) is 0 Å². The first-order valence-corrected chi connectivity index (χ1v) is 7.84. The van der Waals surface area contributed by atoms with Crippen LogP contribution in [0.25, 0.3) is 0 Å². The van der Waals surface area contributed by atoms with E-state index in [2.05, 4.69) is 22.5 Å². The second-order valence-electron chi connectivity index (χ2n) is 6.84. The molecule has 1 saturated heterocycles. The summed E-state index contributed by atoms with van der Waals surface area (Å²) < 4.78 is 19.3. The van der Waals surface area contributed by atoms with E-state index >= 15 is 0 Å². The van der Waals surface area contributed by atoms with Gasteiger partial charge in [0, 0.05) is 31.0 Å². The van der Waals surface area contributed by atoms with Crippen molar-refractivity contribution in [2.45, 2.75) is 25.2 Å². The van der Waals surface area contributed by atoms with Crippen molar-refractivity contribution in [3.63, 3.8) is 0 Å². The molecule has 23 heavy (non-hydrogen) atoms. The predicted octanol–water partition coefficient (Wildman–Crippen LogP) is 2.68. The largest absolute Gasteiger partial charge is 0.380 e. The molecule has 0 aromatic heterocycles. The van der Waals surface area contributed by atoms with Gasteiger partial charge in [0.15, 0.2) is 5.96 Å². The van der Waals surface area contributed by atoms with E-state index in [0.717, 1.165) is 44.1 Å². The van der Waals surface area contributed by atoms with Gasteiger partial charge in [0.25, 0.3) is 0 Å². The van der Waals surface area contributed by atoms with Crippen LogP contribution < -0.4 is 10.6 Å². The molecule has 0 amide bonds. The van der Waals surface area contributed by atoms with Gasteiger partial charge in [-0.1, -0.05) is 25.1 Å². The number of hydrogen-bond donors (Lipinski definition) is 2. The van der Waals surface area contributed by atoms with Crippen molar-refractivity contribution in [2.75, 3.05) is 33.4 Å². The van der Waals surface area contributed by atoms with E-state index in [9.17, 15) is 4.39 Å². The van der Waals surface area contributed by atoms with Crippen LogP contribution in [-0.2, 0) is 10.2 Å². The van der Waals surface area contributed by atoms with Crippen LogP contribution in [0.3, 0.4) is 0 Å². The first kappa shape index (κ1) is 18.4. The molecular weight excluding hydrogens is 408 g/mol. The number of ether oxygens (including phenoxy) is 1. The maximum absolute atomic E-state index is 14.0. The number of nitrogens with zero attached hydrogens (tertiary/aromatic N) is 1. The van der Waals surface area contributed by atoms with Gasteiger partial charge in [-0.3, -0.25) is 4.99 Å². The van der Waals surface area contributed by atoms with Crippen molar-refractivity contribution in [3.8, 4) is 0 Å². The molecule has 1 heterocycles. The number of benzene rings is 1. The van der Waals surface area contributed by atoms with E-state index in [0.29, 0.717) is 6.54 Å². The number of nitrogens with one attached hydrogen (secondary N) is 2. The third-order valence-electron chi connectivity index (χ3n) is 4.70. The summed E-state index contributed by atoms with van der Waals surface area (Å²) in [6.07, 6.45) is 2.03. The van der Waals surface area contributed by atoms with Crippen molar-refractivity contribution in [3.05, 3.63) is 35.6 Å². The molecule has 1 aliphatic heterocycles. The average Bonchev–Trinajstić information content (AvgIpc) is 3.27. The molecule has 6 heteroatoms. The zero-order valence-corrected chi connectivity index (χ0v) is 16.0. The summed E-state index contributed by atoms with van der Waals surface area (Å²) >= 11 is 0. The van der Waals surface area contributed by atoms with Crippen LogP contribution in [-0.4, -0.2) is 39.3 Å². The number of aliphatic imine (C=N–C) groups is 1. The Hall–Kier alpha value is -0.890. The first-order chi connectivity index (χ1) is 10.6. The fourth-order valence-electron chi connectivity index (χ4n) is 2.91. The zero-order chi connectivity index (χ0) is 15.6. The molecule has 1 saturated carbocycles. The summed E-state index contributed by atoms with van der Waals surface area (Å²) in [5.41, 5.74) is 0.935. The molecule has 0 unspecified atom stereocenters. The lowest BCUT2D eigenvalue weighted by molar-refractivity contribution is -0.0971. The Balaban J connectivity index is 0.00000192. The lowest BCUT2D eigenvalue weighted by Crippen LogP contribution is -2.51. The van der Waals surface area contributed by atoms with Gasteiger partial charge in [0.1, 0.15) is 5.82 Å². The molecule has 0 radical (unpaired) electrons. The minimum Gasteiger partial charge on any atom is -0.380 e. The Morgan fingerprint density at radius 2 is 1.87 bits per heavy atom. The minimum absolute atomic E-state index is 0. The Morgan fingerprint density at radius 1 is 1.22 bits per heavy atom. The lowest BCUT2D eigenvalue weighted by Gasteiger charge is -2.38. The normalized spacial score (nSPS) is 20.9. The Labute approximate surface area is 154 Å². The van der Waals surface area contributed by atoms with E-state index in [-0.39, 0.29) is 40.6 Å². The van der Waals surface area contributed by atoms with Crippen molar-refractivity contribution >= 4 is 29.9 Å². The summed E-state index contributed by atoms with van der Waals surface area (Å²) in [7, 11) is 1.76. The summed E-state index contributed by atoms with van der Waals surface area (Å²) in [6.45, 7) is 5.31. The quantitative estimate of drug-likeness (QED) is 0.427. The van der Waals surface area contributed by atoms with Crippen LogP contribution >= 0.6 is 24.0 Å². The van der Waals surface area contributed by atoms with E-state index in [4.69, 9.17) is 4.74 Å². The van der Waals surface area contributed by atoms with Crippen LogP contribution in [0.5, 0.6) is 0 Å². The molecular formula is C17H25FIN3O. The van der Waals surface area contributed by atoms with E-state index in [1.54, 1.807) is 19.2 Å². The highest BCUT2D eigenvalue weighted by Crippen LogP contribution is 2.48. The molecule has 1 aromatic carbocycles. The topological polar surface area (TPSA) is 45.7 Å². The Bertz CT molecular complexity index is 571. The van der Waals surface area contributed by atoms with Crippen LogP contribution in [0.1, 0.15) is 25.3 Å². The van der Waals surface area contributed by atoms with Gasteiger partial charge in [0.2, 0.25) is 0 Å². The number of halogens is 2. The third-order valence-corrected chi connectivity index (χ3v) is 4.70. The highest BCUT2D eigenvalue weighted by molar-refractivity contribution is 14.0. The summed E-state index contributed by atoms with van der Waals surface area (Å²) in [5, 5.41) is 6.69. The summed E-state index contributed by atoms with van der Waals surface area (Å²) in [4.78, 5) is 4.26. The van der Waals surface area contributed by atoms with Crippen LogP contribution in [0, 0.1) is 11.2 Å². The summed E-state index contributed by atoms with van der Waals surface area (Å²) in [5.74, 6) is 0.666. The zero-order valence-electron chi connectivity index (χ0n) is 13.7. The fraction of sp³-hybridized carbons (Fsp3) is 0.588. The second kappa shape index (κ2) is 7.34. The molecule has 0 bridgehead atoms. The van der Waals surface area contributed by atoms with Crippen molar-refractivity contribution in [1.82, 2.24) is 10.6 Å². The lowest BCUT2D eigenvalue weighted by atomic mass is 9.89. The van der Waals surface area contributed by atoms with Crippen LogP contribution in [0.2, 0.25) is 0 Å². The molecule has 0 atom stereocenters. The van der Waals surface area contributed by atoms with Gasteiger partial charge in [-0.25, -0.2) is 4.39 Å². The van der Waals surface area contributed by atoms with Crippen LogP contribution in [0.15, 0.2) is 29.3 Å². The van der Waals surface area contributed by atoms with Gasteiger partial charge in [-0.05, 0) is 24.5 Å². The van der Waals surface area contributed by atoms with Crippen molar-refractivity contribution in [2.24, 2.45) is 10.4 Å². The average molecular weight is 433 g/mol. The molecule has 3 rings (SSSR count). The highest BCUT2D eigenvalue weighted by Gasteiger charge is 2.45. The van der Waals surface area contributed by atoms with Crippen molar-refractivity contribution in [1.29, 1.82) is 0 Å². The fourth-order valence-corrected chi connectivity index (χ4v) is 2.91. The van der Waals surface area contributed by atoms with E-state index in [1.165, 1.54) is 0 Å². The van der Waals surface area contributed by atoms with E-state index < -0.39 is 0 Å². The molecule has 0 spiro atoms. The SMILES string of the molecule is CN=C(NCC1(C)COC1)NCC1(c2ccccc2F)CC1.I. The molecule has 2 fully saturated rings. The van der Waals surface area contributed by atoms with Gasteiger partial charge >= 0.3 is 0 Å². The van der Waals surface area contributed by atoms with Gasteiger partial charge in [0.05, 0.1) is 13.2 Å². The molecule has 4 nitrogen and oxygen atoms in total. The maximum Gasteiger partial charge on any atom is 0.191 e. The smallest absolute Gasteiger partial charge is 0.191 e. The molecule has 1 aliphatic carbocycles. The standard InChI is InChI=1S/C17H24FN3O.HI/c1-16(11-22-12-16)9-20-15(19-2)21-10-17(7-8-17)13-5-3-4-6-14(13)18;/h3-6H,7-12H2,1-2H3,(H2,19,20,21);1H. The summed E-state index contributed by atoms with van der Waals surface area (Å²) in [6, 6.07) is 7.08. The Kier molecular flexibility index (Phi) is 5.89. The highest BCUT2D eigenvalue weighted by atomic mass is 127. The first-order valence-electron chi connectivity index (χ1n) is 7.84. The van der Waals surface area contributed by atoms with Gasteiger partial charge < -0.3 is 15.4 Å². The Morgan fingerprint density at radius 3 is 2.39 bits per heavy atom. The molecule has 1 aromatic rings. The molecule has 128 valence electrons. The van der Waals surface area contributed by atoms with Gasteiger partial charge in [-0.15, -0.1) is 24.0 Å². The van der Waals surface area contributed by atoms with Crippen molar-refractivity contribution < 1.29 is 9.13 Å². The van der Waals surface area contributed by atoms with Crippen LogP contribution in [0.4, 0.5) is 4.39 Å². The molecule has 2 N–H and O–H groups in total.